The van der Waals surface area contributed by atoms with Crippen molar-refractivity contribution in [2.45, 2.75) is 48.9 Å². The topological polar surface area (TPSA) is 140 Å². The first-order chi connectivity index (χ1) is 16.9. The lowest BCUT2D eigenvalue weighted by Gasteiger charge is -2.32. The van der Waals surface area contributed by atoms with Crippen molar-refractivity contribution in [1.29, 1.82) is 5.26 Å². The van der Waals surface area contributed by atoms with E-state index in [9.17, 15) is 15.2 Å². The summed E-state index contributed by atoms with van der Waals surface area (Å²) in [6, 6.07) is 7.64. The molecule has 11 heteroatoms. The first-order valence-corrected chi connectivity index (χ1v) is 12.4. The van der Waals surface area contributed by atoms with E-state index in [0.29, 0.717) is 53.9 Å². The van der Waals surface area contributed by atoms with Gasteiger partial charge in [0.25, 0.3) is 5.91 Å². The maximum absolute atomic E-state index is 12.1. The molecule has 0 spiro atoms. The predicted molar refractivity (Wildman–Crippen MR) is 129 cm³/mol. The van der Waals surface area contributed by atoms with Gasteiger partial charge < -0.3 is 29.8 Å². The fraction of sp³-hybridized carbons (Fsp3) is 0.417. The van der Waals surface area contributed by atoms with Gasteiger partial charge in [-0.3, -0.25) is 4.79 Å². The molecule has 3 aromatic rings. The number of aliphatic hydroxyl groups excluding tert-OH is 1. The van der Waals surface area contributed by atoms with E-state index >= 15 is 0 Å². The van der Waals surface area contributed by atoms with Gasteiger partial charge in [-0.1, -0.05) is 11.8 Å². The fourth-order valence-corrected chi connectivity index (χ4v) is 5.57. The van der Waals surface area contributed by atoms with Crippen LogP contribution < -0.4 is 15.2 Å². The average molecular weight is 495 g/mol. The highest BCUT2D eigenvalue weighted by atomic mass is 32.2. The minimum Gasteiger partial charge on any atom is -0.454 e. The van der Waals surface area contributed by atoms with E-state index < -0.39 is 6.10 Å². The molecule has 0 saturated carbocycles. The van der Waals surface area contributed by atoms with Crippen LogP contribution in [0.15, 0.2) is 34.4 Å². The number of ether oxygens (including phenoxy) is 2. The zero-order valence-corrected chi connectivity index (χ0v) is 20.1. The summed E-state index contributed by atoms with van der Waals surface area (Å²) in [5.41, 5.74) is 8.13. The van der Waals surface area contributed by atoms with Crippen LogP contribution in [0.3, 0.4) is 0 Å². The van der Waals surface area contributed by atoms with Crippen LogP contribution in [-0.4, -0.2) is 56.4 Å². The molecule has 1 fully saturated rings. The smallest absolute Gasteiger partial charge is 0.251 e. The summed E-state index contributed by atoms with van der Waals surface area (Å²) in [7, 11) is 0. The first kappa shape index (κ1) is 23.3. The molecule has 2 aliphatic heterocycles. The molecule has 5 rings (SSSR count). The lowest BCUT2D eigenvalue weighted by Crippen LogP contribution is -2.43. The number of likely N-dealkylation sites (tertiary alicyclic amines) is 1. The van der Waals surface area contributed by atoms with E-state index in [0.717, 1.165) is 34.8 Å². The van der Waals surface area contributed by atoms with Crippen LogP contribution in [0.1, 0.15) is 31.7 Å². The number of aliphatic hydroxyl groups is 1. The molecule has 0 unspecified atom stereocenters. The molecule has 0 radical (unpaired) electrons. The number of imidazole rings is 1. The molecule has 1 aromatic carbocycles. The summed E-state index contributed by atoms with van der Waals surface area (Å²) in [5, 5.41) is 20.0. The molecular formula is C24H26N6O4S. The lowest BCUT2D eigenvalue weighted by molar-refractivity contribution is -0.140. The number of anilines is 1. The second kappa shape index (κ2) is 9.64. The van der Waals surface area contributed by atoms with E-state index in [-0.39, 0.29) is 12.7 Å². The number of benzene rings is 1. The van der Waals surface area contributed by atoms with Gasteiger partial charge in [-0.2, -0.15) is 5.26 Å². The summed E-state index contributed by atoms with van der Waals surface area (Å²) < 4.78 is 13.0. The molecule has 0 aliphatic carbocycles. The molecule has 1 atom stereocenters. The van der Waals surface area contributed by atoms with Gasteiger partial charge in [0, 0.05) is 36.8 Å². The van der Waals surface area contributed by atoms with Gasteiger partial charge in [0.15, 0.2) is 22.5 Å². The lowest BCUT2D eigenvalue weighted by atomic mass is 9.93. The van der Waals surface area contributed by atoms with Crippen molar-refractivity contribution < 1.29 is 19.4 Å². The van der Waals surface area contributed by atoms with E-state index in [1.807, 2.05) is 12.1 Å². The summed E-state index contributed by atoms with van der Waals surface area (Å²) in [6.07, 6.45) is 3.39. The summed E-state index contributed by atoms with van der Waals surface area (Å²) >= 11 is 1.39. The number of rotatable bonds is 6. The number of carbonyl (C=O) groups excluding carboxylic acids is 1. The molecule has 3 N–H and O–H groups in total. The number of hydrogen-bond donors (Lipinski definition) is 2. The number of fused-ring (bicyclic) bond motifs is 2. The monoisotopic (exact) mass is 494 g/mol. The van der Waals surface area contributed by atoms with Gasteiger partial charge in [0.05, 0.1) is 11.1 Å². The quantitative estimate of drug-likeness (QED) is 0.529. The van der Waals surface area contributed by atoms with Crippen LogP contribution in [-0.2, 0) is 11.3 Å². The van der Waals surface area contributed by atoms with E-state index in [1.165, 1.54) is 18.7 Å². The molecule has 2 aromatic heterocycles. The maximum Gasteiger partial charge on any atom is 0.251 e. The van der Waals surface area contributed by atoms with E-state index in [2.05, 4.69) is 15.6 Å². The standard InChI is InChI=1S/C24H26N6O4S/c1-14(31)23(32)29-7-3-15(4-8-29)5-9-30-17-2-6-27-22(26)21(17)28-24(30)35-20-11-19-18(33-13-34-19)10-16(20)12-25/h2,6,10-11,14-15,31H,3-5,7-9,13H2,1H3,(H2,26,27)/t14-/m1/s1. The van der Waals surface area contributed by atoms with Gasteiger partial charge in [-0.15, -0.1) is 0 Å². The molecular weight excluding hydrogens is 468 g/mol. The van der Waals surface area contributed by atoms with Crippen LogP contribution in [0.5, 0.6) is 11.5 Å². The minimum atomic E-state index is -0.961. The number of hydrogen-bond acceptors (Lipinski definition) is 9. The highest BCUT2D eigenvalue weighted by Gasteiger charge is 2.26. The number of pyridine rings is 1. The number of piperidine rings is 1. The van der Waals surface area contributed by atoms with Crippen molar-refractivity contribution in [3.63, 3.8) is 0 Å². The molecule has 4 heterocycles. The summed E-state index contributed by atoms with van der Waals surface area (Å²) in [4.78, 5) is 23.5. The Morgan fingerprint density at radius 2 is 2.09 bits per heavy atom. The Bertz CT molecular complexity index is 1310. The van der Waals surface area contributed by atoms with Gasteiger partial charge in [-0.05, 0) is 44.2 Å². The van der Waals surface area contributed by atoms with Crippen LogP contribution in [0.25, 0.3) is 11.0 Å². The van der Waals surface area contributed by atoms with Crippen LogP contribution in [0.4, 0.5) is 5.82 Å². The number of nitrogens with two attached hydrogens (primary N) is 1. The number of nitrogens with zero attached hydrogens (tertiary/aromatic N) is 5. The Hall–Kier alpha value is -3.49. The second-order valence-electron chi connectivity index (χ2n) is 8.76. The SMILES string of the molecule is C[C@@H](O)C(=O)N1CCC(CCn2c(Sc3cc4c(cc3C#N)OCO4)nc3c(N)nccc32)CC1. The number of nitrogen functional groups attached to an aromatic ring is 1. The Kier molecular flexibility index (Phi) is 6.40. The van der Waals surface area contributed by atoms with Gasteiger partial charge in [0.2, 0.25) is 6.79 Å². The Labute approximate surface area is 206 Å². The van der Waals surface area contributed by atoms with Crippen LogP contribution in [0.2, 0.25) is 0 Å². The fourth-order valence-electron chi connectivity index (χ4n) is 4.56. The summed E-state index contributed by atoms with van der Waals surface area (Å²) in [6.45, 7) is 3.66. The molecule has 182 valence electrons. The zero-order chi connectivity index (χ0) is 24.5. The van der Waals surface area contributed by atoms with Crippen LogP contribution in [0, 0.1) is 17.2 Å². The third kappa shape index (κ3) is 4.59. The first-order valence-electron chi connectivity index (χ1n) is 11.5. The van der Waals surface area contributed by atoms with Gasteiger partial charge in [-0.25, -0.2) is 9.97 Å². The van der Waals surface area contributed by atoms with Crippen molar-refractivity contribution in [3.05, 3.63) is 30.0 Å². The highest BCUT2D eigenvalue weighted by molar-refractivity contribution is 7.99. The Balaban J connectivity index is 1.38. The maximum atomic E-state index is 12.1. The van der Waals surface area contributed by atoms with E-state index in [4.69, 9.17) is 20.2 Å². The van der Waals surface area contributed by atoms with Crippen molar-refractivity contribution in [2.24, 2.45) is 5.92 Å². The summed E-state index contributed by atoms with van der Waals surface area (Å²) in [5.74, 6) is 1.77. The van der Waals surface area contributed by atoms with Crippen LogP contribution >= 0.6 is 11.8 Å². The predicted octanol–water partition coefficient (Wildman–Crippen LogP) is 2.77. The number of carbonyl (C=O) groups is 1. The zero-order valence-electron chi connectivity index (χ0n) is 19.3. The molecule has 35 heavy (non-hydrogen) atoms. The minimum absolute atomic E-state index is 0.136. The van der Waals surface area contributed by atoms with Crippen molar-refractivity contribution in [3.8, 4) is 17.6 Å². The molecule has 0 bridgehead atoms. The molecule has 1 saturated heterocycles. The van der Waals surface area contributed by atoms with Crippen molar-refractivity contribution >= 4 is 34.5 Å². The number of aryl methyl sites for hydroxylation is 1. The molecule has 2 aliphatic rings. The van der Waals surface area contributed by atoms with Gasteiger partial charge in [0.1, 0.15) is 17.7 Å². The van der Waals surface area contributed by atoms with Gasteiger partial charge >= 0.3 is 0 Å². The van der Waals surface area contributed by atoms with Crippen molar-refractivity contribution in [1.82, 2.24) is 19.4 Å². The average Bonchev–Trinajstić information content (AvgIpc) is 3.46. The molecule has 10 nitrogen and oxygen atoms in total. The Morgan fingerprint density at radius 3 is 2.80 bits per heavy atom. The van der Waals surface area contributed by atoms with E-state index in [1.54, 1.807) is 17.2 Å². The number of aromatic nitrogens is 3. The number of amides is 1. The highest BCUT2D eigenvalue weighted by Crippen LogP contribution is 2.41. The Morgan fingerprint density at radius 1 is 1.34 bits per heavy atom. The second-order valence-corrected chi connectivity index (χ2v) is 9.77. The number of nitriles is 1. The largest absolute Gasteiger partial charge is 0.454 e. The molecule has 1 amide bonds. The third-order valence-corrected chi connectivity index (χ3v) is 7.55. The van der Waals surface area contributed by atoms with Crippen molar-refractivity contribution in [2.75, 3.05) is 25.6 Å². The third-order valence-electron chi connectivity index (χ3n) is 6.50. The normalized spacial score (nSPS) is 16.4.